The van der Waals surface area contributed by atoms with Crippen molar-refractivity contribution in [3.63, 3.8) is 0 Å². The molecule has 0 aromatic carbocycles. The van der Waals surface area contributed by atoms with Gasteiger partial charge in [0.1, 0.15) is 0 Å². The molecule has 1 fully saturated rings. The number of thiophene rings is 1. The van der Waals surface area contributed by atoms with Crippen LogP contribution in [0, 0.1) is 11.8 Å². The summed E-state index contributed by atoms with van der Waals surface area (Å²) in [6.07, 6.45) is 6.51. The predicted molar refractivity (Wildman–Crippen MR) is 103 cm³/mol. The lowest BCUT2D eigenvalue weighted by Crippen LogP contribution is -2.44. The Kier molecular flexibility index (Phi) is 8.45. The molecular weight excluding hydrogens is 332 g/mol. The number of nitrogens with one attached hydrogen (secondary N) is 1. The molecule has 4 nitrogen and oxygen atoms in total. The van der Waals surface area contributed by atoms with Gasteiger partial charge in [-0.15, -0.1) is 11.3 Å². The Morgan fingerprint density at radius 1 is 1.28 bits per heavy atom. The van der Waals surface area contributed by atoms with Crippen LogP contribution in [0.1, 0.15) is 63.7 Å². The Hall–Kier alpha value is -1.36. The van der Waals surface area contributed by atoms with Crippen molar-refractivity contribution in [3.05, 3.63) is 22.4 Å². The number of amides is 2. The zero-order valence-electron chi connectivity index (χ0n) is 15.6. The fourth-order valence-electron chi connectivity index (χ4n) is 3.63. The zero-order chi connectivity index (χ0) is 18.1. The van der Waals surface area contributed by atoms with Gasteiger partial charge in [0, 0.05) is 30.8 Å². The van der Waals surface area contributed by atoms with Crippen molar-refractivity contribution in [2.24, 2.45) is 11.8 Å². The molecule has 5 heteroatoms. The molecule has 2 rings (SSSR count). The van der Waals surface area contributed by atoms with Crippen LogP contribution in [-0.4, -0.2) is 29.8 Å². The van der Waals surface area contributed by atoms with Crippen molar-refractivity contribution in [1.82, 2.24) is 10.2 Å². The highest BCUT2D eigenvalue weighted by atomic mass is 32.1. The van der Waals surface area contributed by atoms with E-state index in [9.17, 15) is 9.59 Å². The van der Waals surface area contributed by atoms with Crippen molar-refractivity contribution in [3.8, 4) is 0 Å². The minimum absolute atomic E-state index is 0.138. The molecule has 25 heavy (non-hydrogen) atoms. The second-order valence-corrected chi connectivity index (χ2v) is 8.11. The van der Waals surface area contributed by atoms with Gasteiger partial charge in [-0.1, -0.05) is 39.2 Å². The maximum absolute atomic E-state index is 12.3. The summed E-state index contributed by atoms with van der Waals surface area (Å²) in [5, 5.41) is 5.07. The summed E-state index contributed by atoms with van der Waals surface area (Å²) < 4.78 is 0. The molecule has 2 unspecified atom stereocenters. The van der Waals surface area contributed by atoms with Gasteiger partial charge in [0.2, 0.25) is 11.8 Å². The Morgan fingerprint density at radius 3 is 2.80 bits per heavy atom. The molecule has 1 aliphatic heterocycles. The van der Waals surface area contributed by atoms with Crippen LogP contribution in [0.25, 0.3) is 0 Å². The first-order chi connectivity index (χ1) is 12.1. The van der Waals surface area contributed by atoms with Gasteiger partial charge in [-0.3, -0.25) is 9.59 Å². The van der Waals surface area contributed by atoms with Crippen molar-refractivity contribution < 1.29 is 9.59 Å². The van der Waals surface area contributed by atoms with E-state index in [0.29, 0.717) is 37.1 Å². The first-order valence-corrected chi connectivity index (χ1v) is 10.6. The molecule has 0 saturated carbocycles. The first kappa shape index (κ1) is 20.0. The third-order valence-electron chi connectivity index (χ3n) is 5.25. The van der Waals surface area contributed by atoms with Gasteiger partial charge in [0.15, 0.2) is 0 Å². The number of rotatable bonds is 9. The lowest BCUT2D eigenvalue weighted by molar-refractivity contribution is -0.134. The topological polar surface area (TPSA) is 49.4 Å². The number of carbonyl (C=O) groups excluding carboxylic acids is 2. The van der Waals surface area contributed by atoms with Crippen molar-refractivity contribution >= 4 is 23.2 Å². The van der Waals surface area contributed by atoms with E-state index in [4.69, 9.17) is 0 Å². The molecule has 0 radical (unpaired) electrons. The monoisotopic (exact) mass is 364 g/mol. The highest BCUT2D eigenvalue weighted by Gasteiger charge is 2.31. The number of likely N-dealkylation sites (tertiary alicyclic amines) is 1. The summed E-state index contributed by atoms with van der Waals surface area (Å²) in [6, 6.07) is 4.05. The van der Waals surface area contributed by atoms with Gasteiger partial charge in [-0.2, -0.15) is 0 Å². The van der Waals surface area contributed by atoms with Gasteiger partial charge >= 0.3 is 0 Å². The SMILES string of the molecule is CCCCCC(=O)N1CCC(CC(=O)NCc2cccs2)C(CC)C1. The number of nitrogens with zero attached hydrogens (tertiary/aromatic N) is 1. The molecule has 0 spiro atoms. The summed E-state index contributed by atoms with van der Waals surface area (Å²) >= 11 is 1.67. The Balaban J connectivity index is 1.76. The molecule has 1 aliphatic rings. The molecule has 0 bridgehead atoms. The average Bonchev–Trinajstić information content (AvgIpc) is 3.14. The first-order valence-electron chi connectivity index (χ1n) is 9.70. The second-order valence-electron chi connectivity index (χ2n) is 7.07. The number of unbranched alkanes of at least 4 members (excludes halogenated alkanes) is 2. The van der Waals surface area contributed by atoms with Crippen LogP contribution in [-0.2, 0) is 16.1 Å². The largest absolute Gasteiger partial charge is 0.351 e. The van der Waals surface area contributed by atoms with Gasteiger partial charge < -0.3 is 10.2 Å². The van der Waals surface area contributed by atoms with E-state index in [-0.39, 0.29) is 5.91 Å². The Labute approximate surface area is 156 Å². The van der Waals surface area contributed by atoms with E-state index < -0.39 is 0 Å². The Bertz CT molecular complexity index is 530. The molecule has 140 valence electrons. The van der Waals surface area contributed by atoms with Crippen LogP contribution < -0.4 is 5.32 Å². The highest BCUT2D eigenvalue weighted by molar-refractivity contribution is 7.09. The fourth-order valence-corrected chi connectivity index (χ4v) is 4.28. The standard InChI is InChI=1S/C20H32N2O2S/c1-3-5-6-9-20(24)22-11-10-17(16(4-2)15-22)13-19(23)21-14-18-8-7-12-25-18/h7-8,12,16-17H,3-6,9-11,13-15H2,1-2H3,(H,21,23). The van der Waals surface area contributed by atoms with Crippen LogP contribution in [0.3, 0.4) is 0 Å². The molecule has 2 heterocycles. The van der Waals surface area contributed by atoms with Crippen molar-refractivity contribution in [2.45, 2.75) is 65.3 Å². The maximum atomic E-state index is 12.3. The molecule has 0 aliphatic carbocycles. The van der Waals surface area contributed by atoms with Crippen LogP contribution in [0.5, 0.6) is 0 Å². The smallest absolute Gasteiger partial charge is 0.222 e. The molecule has 2 atom stereocenters. The second kappa shape index (κ2) is 10.6. The third kappa shape index (κ3) is 6.46. The number of hydrogen-bond donors (Lipinski definition) is 1. The molecule has 1 N–H and O–H groups in total. The van der Waals surface area contributed by atoms with Crippen LogP contribution in [0.15, 0.2) is 17.5 Å². The molecule has 1 aromatic rings. The summed E-state index contributed by atoms with van der Waals surface area (Å²) in [7, 11) is 0. The lowest BCUT2D eigenvalue weighted by Gasteiger charge is -2.38. The fraction of sp³-hybridized carbons (Fsp3) is 0.700. The van der Waals surface area contributed by atoms with Crippen molar-refractivity contribution in [1.29, 1.82) is 0 Å². The van der Waals surface area contributed by atoms with Crippen LogP contribution >= 0.6 is 11.3 Å². The third-order valence-corrected chi connectivity index (χ3v) is 6.13. The summed E-state index contributed by atoms with van der Waals surface area (Å²) in [4.78, 5) is 27.8. The highest BCUT2D eigenvalue weighted by Crippen LogP contribution is 2.29. The molecule has 2 amide bonds. The number of piperidine rings is 1. The van der Waals surface area contributed by atoms with Gasteiger partial charge in [0.25, 0.3) is 0 Å². The minimum atomic E-state index is 0.138. The predicted octanol–water partition coefficient (Wildman–Crippen LogP) is 4.21. The lowest BCUT2D eigenvalue weighted by atomic mass is 9.81. The van der Waals surface area contributed by atoms with Crippen LogP contribution in [0.4, 0.5) is 0 Å². The van der Waals surface area contributed by atoms with E-state index >= 15 is 0 Å². The molecular formula is C20H32N2O2S. The van der Waals surface area contributed by atoms with Crippen LogP contribution in [0.2, 0.25) is 0 Å². The van der Waals surface area contributed by atoms with E-state index in [0.717, 1.165) is 45.2 Å². The summed E-state index contributed by atoms with van der Waals surface area (Å²) in [5.74, 6) is 1.27. The average molecular weight is 365 g/mol. The quantitative estimate of drug-likeness (QED) is 0.667. The number of hydrogen-bond acceptors (Lipinski definition) is 3. The van der Waals surface area contributed by atoms with Gasteiger partial charge in [0.05, 0.1) is 6.54 Å². The maximum Gasteiger partial charge on any atom is 0.222 e. The van der Waals surface area contributed by atoms with E-state index in [1.54, 1.807) is 11.3 Å². The Morgan fingerprint density at radius 2 is 2.12 bits per heavy atom. The molecule has 1 saturated heterocycles. The number of carbonyl (C=O) groups is 2. The normalized spacial score (nSPS) is 20.5. The van der Waals surface area contributed by atoms with Gasteiger partial charge in [-0.05, 0) is 36.1 Å². The van der Waals surface area contributed by atoms with E-state index in [1.807, 2.05) is 22.4 Å². The summed E-state index contributed by atoms with van der Waals surface area (Å²) in [6.45, 7) is 6.59. The van der Waals surface area contributed by atoms with Crippen molar-refractivity contribution in [2.75, 3.05) is 13.1 Å². The minimum Gasteiger partial charge on any atom is -0.351 e. The zero-order valence-corrected chi connectivity index (χ0v) is 16.4. The molecule has 1 aromatic heterocycles. The van der Waals surface area contributed by atoms with E-state index in [2.05, 4.69) is 19.2 Å². The van der Waals surface area contributed by atoms with Gasteiger partial charge in [-0.25, -0.2) is 0 Å². The van der Waals surface area contributed by atoms with E-state index in [1.165, 1.54) is 4.88 Å². The summed E-state index contributed by atoms with van der Waals surface area (Å²) in [5.41, 5.74) is 0.